The number of nitrogens with one attached hydrogen (secondary N) is 1. The number of carbonyl (C=O) groups is 1. The molecule has 0 saturated carbocycles. The Balaban J connectivity index is 1.68. The lowest BCUT2D eigenvalue weighted by Crippen LogP contribution is -2.32. The van der Waals surface area contributed by atoms with Crippen LogP contribution in [0.5, 0.6) is 0 Å². The molecule has 0 radical (unpaired) electrons. The van der Waals surface area contributed by atoms with Gasteiger partial charge in [0.2, 0.25) is 5.95 Å². The molecule has 7 nitrogen and oxygen atoms in total. The van der Waals surface area contributed by atoms with Crippen molar-refractivity contribution in [1.82, 2.24) is 19.9 Å². The van der Waals surface area contributed by atoms with Gasteiger partial charge in [0.15, 0.2) is 11.3 Å². The first-order valence-electron chi connectivity index (χ1n) is 9.12. The Morgan fingerprint density at radius 2 is 2.21 bits per heavy atom. The summed E-state index contributed by atoms with van der Waals surface area (Å²) in [5, 5.41) is 3.97. The van der Waals surface area contributed by atoms with Gasteiger partial charge in [-0.25, -0.2) is 14.4 Å². The number of nitrogens with two attached hydrogens (primary N) is 1. The van der Waals surface area contributed by atoms with E-state index in [9.17, 15) is 9.18 Å². The molecule has 1 aliphatic heterocycles. The number of amides is 1. The van der Waals surface area contributed by atoms with Crippen molar-refractivity contribution in [1.29, 1.82) is 0 Å². The van der Waals surface area contributed by atoms with Gasteiger partial charge in [0.1, 0.15) is 10.5 Å². The van der Waals surface area contributed by atoms with Crippen molar-refractivity contribution in [3.8, 4) is 0 Å². The van der Waals surface area contributed by atoms with Crippen LogP contribution in [0, 0.1) is 12.7 Å². The molecule has 1 fully saturated rings. The highest BCUT2D eigenvalue weighted by Gasteiger charge is 2.28. The Hall–Kier alpha value is -2.65. The number of aryl methyl sites for hydroxylation is 1. The third kappa shape index (κ3) is 3.67. The lowest BCUT2D eigenvalue weighted by molar-refractivity contribution is 0.0787. The molecule has 0 spiro atoms. The first-order valence-corrected chi connectivity index (χ1v) is 9.94. The summed E-state index contributed by atoms with van der Waals surface area (Å²) in [6.07, 6.45) is 0.781. The van der Waals surface area contributed by atoms with E-state index in [0.717, 1.165) is 17.0 Å². The van der Waals surface area contributed by atoms with Crippen LogP contribution in [0.3, 0.4) is 0 Å². The molecule has 9 heteroatoms. The minimum absolute atomic E-state index is 0.00457. The van der Waals surface area contributed by atoms with Crippen molar-refractivity contribution < 1.29 is 9.18 Å². The fourth-order valence-electron chi connectivity index (χ4n) is 3.31. The molecule has 146 valence electrons. The van der Waals surface area contributed by atoms with E-state index in [2.05, 4.69) is 20.3 Å². The standard InChI is InChI=1S/C19H21FN6OS/c1-10(12-4-3-5-13(20)8-12)22-19-24-15(16-17(25-19)23-11(2)28-16)18(27)26-7-6-14(21)9-26/h3-5,8,10,14H,6-7,9,21H2,1-2H3,(H,22,24,25)/t10-,14-/m0/s1. The zero-order valence-electron chi connectivity index (χ0n) is 15.6. The van der Waals surface area contributed by atoms with Gasteiger partial charge in [-0.2, -0.15) is 4.98 Å². The van der Waals surface area contributed by atoms with Gasteiger partial charge >= 0.3 is 0 Å². The number of hydrogen-bond acceptors (Lipinski definition) is 7. The molecule has 28 heavy (non-hydrogen) atoms. The molecule has 1 aromatic carbocycles. The maximum Gasteiger partial charge on any atom is 0.274 e. The first kappa shape index (κ1) is 18.7. The van der Waals surface area contributed by atoms with Crippen LogP contribution < -0.4 is 11.1 Å². The van der Waals surface area contributed by atoms with Gasteiger partial charge in [-0.05, 0) is 38.0 Å². The number of anilines is 1. The van der Waals surface area contributed by atoms with Crippen molar-refractivity contribution in [3.05, 3.63) is 46.3 Å². The molecule has 0 bridgehead atoms. The van der Waals surface area contributed by atoms with Gasteiger partial charge in [0, 0.05) is 19.1 Å². The summed E-state index contributed by atoms with van der Waals surface area (Å²) in [4.78, 5) is 28.1. The van der Waals surface area contributed by atoms with Crippen LogP contribution in [-0.2, 0) is 0 Å². The van der Waals surface area contributed by atoms with E-state index in [1.165, 1.54) is 23.5 Å². The molecular formula is C19H21FN6OS. The average Bonchev–Trinajstić information content (AvgIpc) is 3.25. The number of likely N-dealkylation sites (tertiary alicyclic amines) is 1. The van der Waals surface area contributed by atoms with Crippen LogP contribution in [0.25, 0.3) is 10.3 Å². The number of halogens is 1. The summed E-state index contributed by atoms with van der Waals surface area (Å²) in [5.41, 5.74) is 7.53. The van der Waals surface area contributed by atoms with Crippen LogP contribution in [-0.4, -0.2) is 44.9 Å². The van der Waals surface area contributed by atoms with Gasteiger partial charge in [-0.1, -0.05) is 12.1 Å². The van der Waals surface area contributed by atoms with Crippen LogP contribution in [0.15, 0.2) is 24.3 Å². The third-order valence-electron chi connectivity index (χ3n) is 4.77. The summed E-state index contributed by atoms with van der Waals surface area (Å²) in [5.74, 6) is -0.175. The number of carbonyl (C=O) groups excluding carboxylic acids is 1. The molecule has 3 heterocycles. The van der Waals surface area contributed by atoms with Crippen molar-refractivity contribution >= 4 is 33.5 Å². The van der Waals surface area contributed by atoms with Gasteiger partial charge in [0.05, 0.1) is 11.0 Å². The molecule has 2 aromatic heterocycles. The summed E-state index contributed by atoms with van der Waals surface area (Å²) in [6, 6.07) is 6.09. The highest BCUT2D eigenvalue weighted by atomic mass is 32.1. The van der Waals surface area contributed by atoms with Crippen molar-refractivity contribution in [2.24, 2.45) is 5.73 Å². The molecule has 1 aliphatic rings. The molecule has 1 saturated heterocycles. The zero-order chi connectivity index (χ0) is 19.8. The maximum absolute atomic E-state index is 13.5. The molecular weight excluding hydrogens is 379 g/mol. The van der Waals surface area contributed by atoms with Gasteiger partial charge in [0.25, 0.3) is 5.91 Å². The fraction of sp³-hybridized carbons (Fsp3) is 0.368. The predicted molar refractivity (Wildman–Crippen MR) is 107 cm³/mol. The van der Waals surface area contributed by atoms with Gasteiger partial charge < -0.3 is 16.0 Å². The Labute approximate surface area is 165 Å². The quantitative estimate of drug-likeness (QED) is 0.699. The predicted octanol–water partition coefficient (Wildman–Crippen LogP) is 2.88. The number of thiazole rings is 1. The van der Waals surface area contributed by atoms with E-state index in [-0.39, 0.29) is 23.8 Å². The number of benzene rings is 1. The van der Waals surface area contributed by atoms with E-state index < -0.39 is 0 Å². The van der Waals surface area contributed by atoms with Crippen LogP contribution in [0.4, 0.5) is 10.3 Å². The summed E-state index contributed by atoms with van der Waals surface area (Å²) < 4.78 is 14.2. The number of hydrogen-bond donors (Lipinski definition) is 2. The topological polar surface area (TPSA) is 97.0 Å². The zero-order valence-corrected chi connectivity index (χ0v) is 16.5. The third-order valence-corrected chi connectivity index (χ3v) is 5.74. The largest absolute Gasteiger partial charge is 0.348 e. The van der Waals surface area contributed by atoms with E-state index in [4.69, 9.17) is 5.73 Å². The summed E-state index contributed by atoms with van der Waals surface area (Å²) in [6.45, 7) is 4.89. The monoisotopic (exact) mass is 400 g/mol. The maximum atomic E-state index is 13.5. The lowest BCUT2D eigenvalue weighted by Gasteiger charge is -2.17. The number of nitrogens with zero attached hydrogens (tertiary/aromatic N) is 4. The highest BCUT2D eigenvalue weighted by molar-refractivity contribution is 7.18. The van der Waals surface area contributed by atoms with E-state index in [0.29, 0.717) is 35.1 Å². The Morgan fingerprint density at radius 1 is 1.39 bits per heavy atom. The second-order valence-electron chi connectivity index (χ2n) is 7.00. The molecule has 0 aliphatic carbocycles. The first-order chi connectivity index (χ1) is 13.4. The van der Waals surface area contributed by atoms with Crippen LogP contribution in [0.2, 0.25) is 0 Å². The molecule has 4 rings (SSSR count). The van der Waals surface area contributed by atoms with Crippen LogP contribution >= 0.6 is 11.3 Å². The number of rotatable bonds is 4. The van der Waals surface area contributed by atoms with E-state index >= 15 is 0 Å². The molecule has 2 atom stereocenters. The lowest BCUT2D eigenvalue weighted by atomic mass is 10.1. The summed E-state index contributed by atoms with van der Waals surface area (Å²) in [7, 11) is 0. The molecule has 3 N–H and O–H groups in total. The van der Waals surface area contributed by atoms with Crippen LogP contribution in [0.1, 0.15) is 40.4 Å². The number of aromatic nitrogens is 3. The van der Waals surface area contributed by atoms with Gasteiger partial charge in [-0.3, -0.25) is 4.79 Å². The molecule has 3 aromatic rings. The smallest absolute Gasteiger partial charge is 0.274 e. The molecule has 1 amide bonds. The van der Waals surface area contributed by atoms with E-state index in [1.54, 1.807) is 11.0 Å². The minimum atomic E-state index is -0.307. The van der Waals surface area contributed by atoms with Crippen molar-refractivity contribution in [2.45, 2.75) is 32.4 Å². The summed E-state index contributed by atoms with van der Waals surface area (Å²) >= 11 is 1.40. The second kappa shape index (κ2) is 7.40. The van der Waals surface area contributed by atoms with Crippen molar-refractivity contribution in [3.63, 3.8) is 0 Å². The Morgan fingerprint density at radius 3 is 2.93 bits per heavy atom. The van der Waals surface area contributed by atoms with Gasteiger partial charge in [-0.15, -0.1) is 11.3 Å². The fourth-order valence-corrected chi connectivity index (χ4v) is 4.15. The molecule has 0 unspecified atom stereocenters. The Bertz CT molecular complexity index is 1040. The normalized spacial score (nSPS) is 17.9. The highest BCUT2D eigenvalue weighted by Crippen LogP contribution is 2.27. The SMILES string of the molecule is Cc1nc2nc(N[C@@H](C)c3cccc(F)c3)nc(C(=O)N3CC[C@H](N)C3)c2s1. The Kier molecular flexibility index (Phi) is 4.94. The van der Waals surface area contributed by atoms with E-state index in [1.807, 2.05) is 19.9 Å². The van der Waals surface area contributed by atoms with Crippen molar-refractivity contribution in [2.75, 3.05) is 18.4 Å². The minimum Gasteiger partial charge on any atom is -0.348 e. The number of fused-ring (bicyclic) bond motifs is 1. The average molecular weight is 400 g/mol. The second-order valence-corrected chi connectivity index (χ2v) is 8.21.